The van der Waals surface area contributed by atoms with Crippen LogP contribution in [0.2, 0.25) is 0 Å². The number of anilines is 1. The quantitative estimate of drug-likeness (QED) is 0.877. The van der Waals surface area contributed by atoms with E-state index in [2.05, 4.69) is 33.0 Å². The van der Waals surface area contributed by atoms with Gasteiger partial charge in [0, 0.05) is 11.6 Å². The van der Waals surface area contributed by atoms with Gasteiger partial charge in [0.25, 0.3) is 0 Å². The number of nitrogens with one attached hydrogen (secondary N) is 1. The van der Waals surface area contributed by atoms with Crippen LogP contribution in [0.3, 0.4) is 0 Å². The normalized spacial score (nSPS) is 17.7. The van der Waals surface area contributed by atoms with Gasteiger partial charge in [0.05, 0.1) is 5.69 Å². The third-order valence-electron chi connectivity index (χ3n) is 3.71. The van der Waals surface area contributed by atoms with Crippen molar-refractivity contribution in [1.82, 2.24) is 20.2 Å². The number of aromatic nitrogens is 4. The van der Waals surface area contributed by atoms with Gasteiger partial charge >= 0.3 is 0 Å². The van der Waals surface area contributed by atoms with Crippen LogP contribution < -0.4 is 5.32 Å². The standard InChI is InChI=1S/C15H17N5O/c1-11-7-8-13(9-14(11)20-10-16-18-19-20)17-15(21)12-5-3-2-4-6-12/h2-3,7-10,12H,4-6H2,1H3,(H,17,21)/t12-/m0/s1. The average Bonchev–Trinajstić information content (AvgIpc) is 3.04. The van der Waals surface area contributed by atoms with E-state index in [1.807, 2.05) is 25.1 Å². The Morgan fingerprint density at radius 3 is 3.00 bits per heavy atom. The summed E-state index contributed by atoms with van der Waals surface area (Å²) >= 11 is 0. The Bertz CT molecular complexity index is 663. The maximum absolute atomic E-state index is 12.3. The van der Waals surface area contributed by atoms with E-state index in [-0.39, 0.29) is 11.8 Å². The first kappa shape index (κ1) is 13.5. The minimum atomic E-state index is 0.0628. The molecule has 0 unspecified atom stereocenters. The lowest BCUT2D eigenvalue weighted by molar-refractivity contribution is -0.120. The van der Waals surface area contributed by atoms with Crippen molar-refractivity contribution in [3.8, 4) is 5.69 Å². The van der Waals surface area contributed by atoms with Crippen LogP contribution in [-0.4, -0.2) is 26.1 Å². The summed E-state index contributed by atoms with van der Waals surface area (Å²) in [6.45, 7) is 1.98. The summed E-state index contributed by atoms with van der Waals surface area (Å²) in [5.74, 6) is 0.138. The Hall–Kier alpha value is -2.50. The molecule has 1 aromatic heterocycles. The molecule has 0 aliphatic heterocycles. The van der Waals surface area contributed by atoms with Gasteiger partial charge in [0.1, 0.15) is 6.33 Å². The zero-order chi connectivity index (χ0) is 14.7. The Kier molecular flexibility index (Phi) is 3.77. The molecule has 0 radical (unpaired) electrons. The second-order valence-electron chi connectivity index (χ2n) is 5.23. The number of hydrogen-bond acceptors (Lipinski definition) is 4. The summed E-state index contributed by atoms with van der Waals surface area (Å²) in [5.41, 5.74) is 2.67. The van der Waals surface area contributed by atoms with Crippen molar-refractivity contribution in [2.24, 2.45) is 5.92 Å². The number of allylic oxidation sites excluding steroid dienone is 2. The van der Waals surface area contributed by atoms with Crippen LogP contribution in [0.25, 0.3) is 5.69 Å². The van der Waals surface area contributed by atoms with Gasteiger partial charge in [-0.25, -0.2) is 4.68 Å². The smallest absolute Gasteiger partial charge is 0.227 e. The fourth-order valence-corrected chi connectivity index (χ4v) is 2.48. The third-order valence-corrected chi connectivity index (χ3v) is 3.71. The number of benzene rings is 1. The predicted octanol–water partition coefficient (Wildman–Crippen LogP) is 2.27. The van der Waals surface area contributed by atoms with Crippen LogP contribution in [0.4, 0.5) is 5.69 Å². The number of amides is 1. The molecule has 0 spiro atoms. The molecular weight excluding hydrogens is 266 g/mol. The van der Waals surface area contributed by atoms with Gasteiger partial charge < -0.3 is 5.32 Å². The molecule has 0 saturated heterocycles. The van der Waals surface area contributed by atoms with E-state index in [9.17, 15) is 4.79 Å². The lowest BCUT2D eigenvalue weighted by Crippen LogP contribution is -2.23. The molecule has 1 N–H and O–H groups in total. The fraction of sp³-hybridized carbons (Fsp3) is 0.333. The van der Waals surface area contributed by atoms with Crippen molar-refractivity contribution in [3.63, 3.8) is 0 Å². The number of hydrogen-bond donors (Lipinski definition) is 1. The molecular formula is C15H17N5O. The summed E-state index contributed by atoms with van der Waals surface area (Å²) in [6.07, 6.45) is 8.45. The third kappa shape index (κ3) is 2.99. The van der Waals surface area contributed by atoms with E-state index in [1.165, 1.54) is 0 Å². The fourth-order valence-electron chi connectivity index (χ4n) is 2.48. The minimum absolute atomic E-state index is 0.0628. The average molecular weight is 283 g/mol. The number of aryl methyl sites for hydroxylation is 1. The number of nitrogens with zero attached hydrogens (tertiary/aromatic N) is 4. The van der Waals surface area contributed by atoms with Crippen molar-refractivity contribution in [2.75, 3.05) is 5.32 Å². The number of tetrazole rings is 1. The topological polar surface area (TPSA) is 72.7 Å². The van der Waals surface area contributed by atoms with Crippen LogP contribution in [0, 0.1) is 12.8 Å². The molecule has 108 valence electrons. The molecule has 0 fully saturated rings. The summed E-state index contributed by atoms with van der Waals surface area (Å²) in [7, 11) is 0. The van der Waals surface area contributed by atoms with Gasteiger partial charge in [0.2, 0.25) is 5.91 Å². The highest BCUT2D eigenvalue weighted by Gasteiger charge is 2.19. The molecule has 3 rings (SSSR count). The summed E-state index contributed by atoms with van der Waals surface area (Å²) < 4.78 is 1.59. The van der Waals surface area contributed by atoms with Crippen molar-refractivity contribution in [1.29, 1.82) is 0 Å². The Morgan fingerprint density at radius 2 is 2.29 bits per heavy atom. The highest BCUT2D eigenvalue weighted by Crippen LogP contribution is 2.22. The number of carbonyl (C=O) groups excluding carboxylic acids is 1. The van der Waals surface area contributed by atoms with Crippen LogP contribution >= 0.6 is 0 Å². The van der Waals surface area contributed by atoms with Crippen LogP contribution in [0.1, 0.15) is 24.8 Å². The molecule has 21 heavy (non-hydrogen) atoms. The van der Waals surface area contributed by atoms with Crippen molar-refractivity contribution in [3.05, 3.63) is 42.2 Å². The molecule has 1 aliphatic carbocycles. The molecule has 6 heteroatoms. The van der Waals surface area contributed by atoms with E-state index in [4.69, 9.17) is 0 Å². The van der Waals surface area contributed by atoms with Crippen molar-refractivity contribution in [2.45, 2.75) is 26.2 Å². The molecule has 2 aromatic rings. The van der Waals surface area contributed by atoms with Gasteiger partial charge in [-0.05, 0) is 54.3 Å². The zero-order valence-electron chi connectivity index (χ0n) is 11.9. The Balaban J connectivity index is 1.78. The van der Waals surface area contributed by atoms with Crippen molar-refractivity contribution >= 4 is 11.6 Å². The molecule has 1 aliphatic rings. The second kappa shape index (κ2) is 5.87. The van der Waals surface area contributed by atoms with E-state index in [0.29, 0.717) is 0 Å². The van der Waals surface area contributed by atoms with Gasteiger partial charge in [-0.1, -0.05) is 18.2 Å². The highest BCUT2D eigenvalue weighted by atomic mass is 16.1. The Labute approximate surface area is 122 Å². The zero-order valence-corrected chi connectivity index (χ0v) is 11.9. The largest absolute Gasteiger partial charge is 0.326 e. The van der Waals surface area contributed by atoms with Gasteiger partial charge in [-0.2, -0.15) is 0 Å². The van der Waals surface area contributed by atoms with E-state index < -0.39 is 0 Å². The molecule has 1 amide bonds. The van der Waals surface area contributed by atoms with Gasteiger partial charge in [-0.15, -0.1) is 5.10 Å². The minimum Gasteiger partial charge on any atom is -0.326 e. The molecule has 1 aromatic carbocycles. The van der Waals surface area contributed by atoms with Crippen LogP contribution in [0.15, 0.2) is 36.7 Å². The lowest BCUT2D eigenvalue weighted by Gasteiger charge is -2.17. The van der Waals surface area contributed by atoms with Crippen LogP contribution in [-0.2, 0) is 4.79 Å². The molecule has 1 atom stereocenters. The SMILES string of the molecule is Cc1ccc(NC(=O)[C@H]2CC=CCC2)cc1-n1cnnn1. The molecule has 0 bridgehead atoms. The lowest BCUT2D eigenvalue weighted by atomic mass is 9.93. The highest BCUT2D eigenvalue weighted by molar-refractivity contribution is 5.93. The summed E-state index contributed by atoms with van der Waals surface area (Å²) in [5, 5.41) is 14.2. The van der Waals surface area contributed by atoms with Crippen LogP contribution in [0.5, 0.6) is 0 Å². The molecule has 1 heterocycles. The Morgan fingerprint density at radius 1 is 1.38 bits per heavy atom. The van der Waals surface area contributed by atoms with E-state index in [0.717, 1.165) is 36.2 Å². The maximum Gasteiger partial charge on any atom is 0.227 e. The predicted molar refractivity (Wildman–Crippen MR) is 79.0 cm³/mol. The summed E-state index contributed by atoms with van der Waals surface area (Å²) in [6, 6.07) is 5.75. The van der Waals surface area contributed by atoms with E-state index in [1.54, 1.807) is 11.0 Å². The molecule has 6 nitrogen and oxygen atoms in total. The number of rotatable bonds is 3. The van der Waals surface area contributed by atoms with Gasteiger partial charge in [0.15, 0.2) is 0 Å². The first-order valence-corrected chi connectivity index (χ1v) is 7.04. The first-order chi connectivity index (χ1) is 10.2. The first-order valence-electron chi connectivity index (χ1n) is 7.04. The summed E-state index contributed by atoms with van der Waals surface area (Å²) in [4.78, 5) is 12.3. The van der Waals surface area contributed by atoms with E-state index >= 15 is 0 Å². The monoisotopic (exact) mass is 283 g/mol. The van der Waals surface area contributed by atoms with Gasteiger partial charge in [-0.3, -0.25) is 4.79 Å². The maximum atomic E-state index is 12.3. The van der Waals surface area contributed by atoms with Crippen molar-refractivity contribution < 1.29 is 4.79 Å². The number of carbonyl (C=O) groups is 1. The molecule has 0 saturated carbocycles. The second-order valence-corrected chi connectivity index (χ2v) is 5.23.